The van der Waals surface area contributed by atoms with Crippen LogP contribution in [0.15, 0.2) is 0 Å². The third-order valence-electron chi connectivity index (χ3n) is 2.59. The molecule has 0 aliphatic heterocycles. The molecule has 0 aliphatic carbocycles. The number of carbonyl (C=O) groups excluding carboxylic acids is 1. The van der Waals surface area contributed by atoms with Crippen LogP contribution in [-0.4, -0.2) is 43.7 Å². The lowest BCUT2D eigenvalue weighted by atomic mass is 10.1. The van der Waals surface area contributed by atoms with Crippen molar-refractivity contribution in [1.29, 1.82) is 0 Å². The van der Waals surface area contributed by atoms with E-state index in [1.54, 1.807) is 12.0 Å². The van der Waals surface area contributed by atoms with Crippen molar-refractivity contribution in [1.82, 2.24) is 4.90 Å². The van der Waals surface area contributed by atoms with Gasteiger partial charge in [0.25, 0.3) is 0 Å². The van der Waals surface area contributed by atoms with Crippen LogP contribution >= 0.6 is 0 Å². The second kappa shape index (κ2) is 7.65. The summed E-state index contributed by atoms with van der Waals surface area (Å²) in [4.78, 5) is 13.6. The fourth-order valence-corrected chi connectivity index (χ4v) is 1.37. The van der Waals surface area contributed by atoms with Crippen LogP contribution in [0, 0.1) is 5.92 Å². The van der Waals surface area contributed by atoms with Crippen LogP contribution in [0.4, 0.5) is 0 Å². The van der Waals surface area contributed by atoms with Gasteiger partial charge in [0.05, 0.1) is 6.61 Å². The molecule has 4 heteroatoms. The molecule has 0 bridgehead atoms. The molecule has 15 heavy (non-hydrogen) atoms. The molecule has 0 aromatic rings. The van der Waals surface area contributed by atoms with Crippen molar-refractivity contribution in [2.24, 2.45) is 11.7 Å². The first kappa shape index (κ1) is 14.4. The van der Waals surface area contributed by atoms with Crippen LogP contribution in [0.1, 0.15) is 27.2 Å². The van der Waals surface area contributed by atoms with Gasteiger partial charge >= 0.3 is 0 Å². The standard InChI is InChI=1S/C11H24N2O2/c1-5-9(3)7-13(6-2)11(14)10(12)8-15-4/h9-10H,5-8,12H2,1-4H3. The molecule has 0 aliphatic rings. The summed E-state index contributed by atoms with van der Waals surface area (Å²) in [5.41, 5.74) is 5.71. The normalized spacial score (nSPS) is 14.7. The second-order valence-corrected chi connectivity index (χ2v) is 3.95. The SMILES string of the molecule is CCC(C)CN(CC)C(=O)C(N)COC. The van der Waals surface area contributed by atoms with Gasteiger partial charge in [-0.15, -0.1) is 0 Å². The van der Waals surface area contributed by atoms with Crippen molar-refractivity contribution >= 4 is 5.91 Å². The van der Waals surface area contributed by atoms with Crippen LogP contribution in [0.3, 0.4) is 0 Å². The first-order chi connectivity index (χ1) is 7.06. The molecule has 2 N–H and O–H groups in total. The van der Waals surface area contributed by atoms with E-state index in [0.29, 0.717) is 12.5 Å². The van der Waals surface area contributed by atoms with E-state index in [1.807, 2.05) is 6.92 Å². The number of hydrogen-bond donors (Lipinski definition) is 1. The summed E-state index contributed by atoms with van der Waals surface area (Å²) in [6, 6.07) is -0.529. The summed E-state index contributed by atoms with van der Waals surface area (Å²) in [6.07, 6.45) is 1.07. The number of ether oxygens (including phenoxy) is 1. The van der Waals surface area contributed by atoms with Crippen molar-refractivity contribution in [3.05, 3.63) is 0 Å². The first-order valence-corrected chi connectivity index (χ1v) is 5.60. The van der Waals surface area contributed by atoms with Gasteiger partial charge in [-0.2, -0.15) is 0 Å². The molecule has 0 radical (unpaired) electrons. The Morgan fingerprint density at radius 3 is 2.47 bits per heavy atom. The minimum Gasteiger partial charge on any atom is -0.383 e. The highest BCUT2D eigenvalue weighted by Gasteiger charge is 2.20. The average Bonchev–Trinajstić information content (AvgIpc) is 2.24. The fourth-order valence-electron chi connectivity index (χ4n) is 1.37. The Hall–Kier alpha value is -0.610. The summed E-state index contributed by atoms with van der Waals surface area (Å²) in [5, 5.41) is 0. The maximum atomic E-state index is 11.8. The van der Waals surface area contributed by atoms with Crippen molar-refractivity contribution in [2.45, 2.75) is 33.2 Å². The molecule has 0 aromatic carbocycles. The summed E-state index contributed by atoms with van der Waals surface area (Å²) in [5.74, 6) is 0.503. The molecule has 0 fully saturated rings. The van der Waals surface area contributed by atoms with Gasteiger partial charge in [-0.05, 0) is 12.8 Å². The Bertz CT molecular complexity index is 185. The first-order valence-electron chi connectivity index (χ1n) is 5.60. The zero-order chi connectivity index (χ0) is 11.8. The average molecular weight is 216 g/mol. The van der Waals surface area contributed by atoms with Crippen LogP contribution in [-0.2, 0) is 9.53 Å². The largest absolute Gasteiger partial charge is 0.383 e. The maximum Gasteiger partial charge on any atom is 0.241 e. The summed E-state index contributed by atoms with van der Waals surface area (Å²) < 4.78 is 4.88. The molecule has 0 spiro atoms. The van der Waals surface area contributed by atoms with Gasteiger partial charge in [0.2, 0.25) is 5.91 Å². The van der Waals surface area contributed by atoms with Crippen molar-refractivity contribution < 1.29 is 9.53 Å². The van der Waals surface area contributed by atoms with Crippen molar-refractivity contribution in [3.8, 4) is 0 Å². The number of hydrogen-bond acceptors (Lipinski definition) is 3. The third kappa shape index (κ3) is 5.14. The lowest BCUT2D eigenvalue weighted by molar-refractivity contribution is -0.134. The molecular formula is C11H24N2O2. The monoisotopic (exact) mass is 216 g/mol. The van der Waals surface area contributed by atoms with Crippen LogP contribution in [0.5, 0.6) is 0 Å². The Morgan fingerprint density at radius 1 is 1.47 bits per heavy atom. The van der Waals surface area contributed by atoms with Crippen LogP contribution in [0.25, 0.3) is 0 Å². The molecule has 0 saturated heterocycles. The van der Waals surface area contributed by atoms with E-state index >= 15 is 0 Å². The van der Waals surface area contributed by atoms with E-state index in [-0.39, 0.29) is 12.5 Å². The number of rotatable bonds is 7. The van der Waals surface area contributed by atoms with Crippen LogP contribution in [0.2, 0.25) is 0 Å². The molecule has 0 rings (SSSR count). The highest BCUT2D eigenvalue weighted by atomic mass is 16.5. The molecule has 0 heterocycles. The van der Waals surface area contributed by atoms with E-state index in [4.69, 9.17) is 10.5 Å². The molecule has 1 amide bonds. The summed E-state index contributed by atoms with van der Waals surface area (Å²) >= 11 is 0. The Balaban J connectivity index is 4.20. The highest BCUT2D eigenvalue weighted by Crippen LogP contribution is 2.05. The van der Waals surface area contributed by atoms with Gasteiger partial charge in [-0.3, -0.25) is 4.79 Å². The third-order valence-corrected chi connectivity index (χ3v) is 2.59. The smallest absolute Gasteiger partial charge is 0.241 e. The van der Waals surface area contributed by atoms with Gasteiger partial charge in [-0.1, -0.05) is 20.3 Å². The summed E-state index contributed by atoms with van der Waals surface area (Å²) in [6.45, 7) is 8.01. The number of amides is 1. The number of methoxy groups -OCH3 is 1. The zero-order valence-electron chi connectivity index (χ0n) is 10.3. The molecule has 90 valence electrons. The maximum absolute atomic E-state index is 11.8. The van der Waals surface area contributed by atoms with Crippen molar-refractivity contribution in [2.75, 3.05) is 26.8 Å². The molecule has 2 unspecified atom stereocenters. The fraction of sp³-hybridized carbons (Fsp3) is 0.909. The van der Waals surface area contributed by atoms with Gasteiger partial charge in [0, 0.05) is 20.2 Å². The Kier molecular flexibility index (Phi) is 7.34. The van der Waals surface area contributed by atoms with E-state index in [2.05, 4.69) is 13.8 Å². The molecular weight excluding hydrogens is 192 g/mol. The van der Waals surface area contributed by atoms with Gasteiger partial charge in [0.1, 0.15) is 6.04 Å². The number of carbonyl (C=O) groups is 1. The molecule has 2 atom stereocenters. The van der Waals surface area contributed by atoms with Crippen molar-refractivity contribution in [3.63, 3.8) is 0 Å². The summed E-state index contributed by atoms with van der Waals surface area (Å²) in [7, 11) is 1.55. The lowest BCUT2D eigenvalue weighted by Gasteiger charge is -2.26. The second-order valence-electron chi connectivity index (χ2n) is 3.95. The van der Waals surface area contributed by atoms with Gasteiger partial charge in [0.15, 0.2) is 0 Å². The quantitative estimate of drug-likeness (QED) is 0.686. The minimum atomic E-state index is -0.529. The predicted octanol–water partition coefficient (Wildman–Crippen LogP) is 0.855. The number of nitrogens with two attached hydrogens (primary N) is 1. The number of nitrogens with zero attached hydrogens (tertiary/aromatic N) is 1. The van der Waals surface area contributed by atoms with E-state index < -0.39 is 6.04 Å². The molecule has 0 saturated carbocycles. The predicted molar refractivity (Wildman–Crippen MR) is 61.6 cm³/mol. The van der Waals surface area contributed by atoms with E-state index in [0.717, 1.165) is 13.0 Å². The zero-order valence-corrected chi connectivity index (χ0v) is 10.3. The topological polar surface area (TPSA) is 55.6 Å². The number of likely N-dealkylation sites (N-methyl/N-ethyl adjacent to an activating group) is 1. The van der Waals surface area contributed by atoms with E-state index in [1.165, 1.54) is 0 Å². The van der Waals surface area contributed by atoms with Gasteiger partial charge in [-0.25, -0.2) is 0 Å². The van der Waals surface area contributed by atoms with Gasteiger partial charge < -0.3 is 15.4 Å². The highest BCUT2D eigenvalue weighted by molar-refractivity contribution is 5.81. The Morgan fingerprint density at radius 2 is 2.07 bits per heavy atom. The lowest BCUT2D eigenvalue weighted by Crippen LogP contribution is -2.47. The molecule has 0 aromatic heterocycles. The van der Waals surface area contributed by atoms with E-state index in [9.17, 15) is 4.79 Å². The van der Waals surface area contributed by atoms with Crippen LogP contribution < -0.4 is 5.73 Å². The molecule has 4 nitrogen and oxygen atoms in total. The minimum absolute atomic E-state index is 0.0142. The Labute approximate surface area is 92.8 Å².